The third-order valence-corrected chi connectivity index (χ3v) is 10.3. The Kier molecular flexibility index (Phi) is 6.17. The van der Waals surface area contributed by atoms with E-state index < -0.39 is 0 Å². The van der Waals surface area contributed by atoms with Gasteiger partial charge < -0.3 is 0 Å². The molecule has 0 aromatic heterocycles. The normalized spacial score (nSPS) is 13.8. The molecule has 0 atom stereocenters. The van der Waals surface area contributed by atoms with E-state index in [0.717, 1.165) is 65.0 Å². The van der Waals surface area contributed by atoms with Gasteiger partial charge in [0.2, 0.25) is 0 Å². The molecular weight excluding hydrogens is 560 g/mol. The molecule has 0 saturated heterocycles. The van der Waals surface area contributed by atoms with Crippen molar-refractivity contribution in [2.75, 3.05) is 0 Å². The molecular formula is C44H46O2. The van der Waals surface area contributed by atoms with Crippen LogP contribution in [-0.2, 0) is 21.7 Å². The van der Waals surface area contributed by atoms with Crippen LogP contribution in [0.2, 0.25) is 0 Å². The Labute approximate surface area is 272 Å². The molecule has 0 aliphatic heterocycles. The van der Waals surface area contributed by atoms with Gasteiger partial charge in [0.25, 0.3) is 0 Å². The first-order valence-corrected chi connectivity index (χ1v) is 16.7. The van der Waals surface area contributed by atoms with Gasteiger partial charge in [-0.2, -0.15) is 0 Å². The molecule has 7 aromatic carbocycles. The maximum absolute atomic E-state index is 14.6. The van der Waals surface area contributed by atoms with Gasteiger partial charge in [-0.3, -0.25) is 9.59 Å². The van der Waals surface area contributed by atoms with Gasteiger partial charge in [-0.25, -0.2) is 0 Å². The molecule has 234 valence electrons. The van der Waals surface area contributed by atoms with Gasteiger partial charge in [0.05, 0.1) is 0 Å². The van der Waals surface area contributed by atoms with E-state index in [0.29, 0.717) is 10.8 Å². The van der Waals surface area contributed by atoms with E-state index in [2.05, 4.69) is 132 Å². The summed E-state index contributed by atoms with van der Waals surface area (Å²) in [6.07, 6.45) is 0. The highest BCUT2D eigenvalue weighted by Crippen LogP contribution is 2.42. The molecule has 7 aromatic rings. The molecule has 0 heterocycles. The molecule has 46 heavy (non-hydrogen) atoms. The molecule has 0 aliphatic carbocycles. The first-order valence-electron chi connectivity index (χ1n) is 16.7. The molecule has 0 unspecified atom stereocenters. The standard InChI is InChI=1S/C44H46O2/c1-41(2,3)25-13-23-15-27(43(7,8)9)19-35-37(23)31(17-25)29-21-34-30(22-33(29)39(35)45)32-18-26(42(4,5)6)14-24-16-28(44(10,11)12)20-36(38(24)32)40(34)46/h13-22H,1-12H3. The number of hydrogen-bond donors (Lipinski definition) is 0. The first kappa shape index (κ1) is 30.6. The molecule has 0 aliphatic rings. The molecule has 0 N–H and O–H groups in total. The molecule has 0 fully saturated rings. The van der Waals surface area contributed by atoms with E-state index in [1.807, 2.05) is 12.1 Å². The highest BCUT2D eigenvalue weighted by molar-refractivity contribution is 6.27. The van der Waals surface area contributed by atoms with Gasteiger partial charge in [-0.1, -0.05) is 107 Å². The minimum Gasteiger partial charge on any atom is -0.289 e. The minimum absolute atomic E-state index is 0.0365. The van der Waals surface area contributed by atoms with Crippen LogP contribution in [0, 0.1) is 0 Å². The topological polar surface area (TPSA) is 34.1 Å². The zero-order valence-corrected chi connectivity index (χ0v) is 29.6. The van der Waals surface area contributed by atoms with Crippen molar-refractivity contribution >= 4 is 64.6 Å². The quantitative estimate of drug-likeness (QED) is 0.127. The van der Waals surface area contributed by atoms with E-state index in [-0.39, 0.29) is 32.5 Å². The van der Waals surface area contributed by atoms with Crippen molar-refractivity contribution in [3.05, 3.63) is 103 Å². The van der Waals surface area contributed by atoms with Crippen molar-refractivity contribution in [3.8, 4) is 0 Å². The maximum Gasteiger partial charge on any atom is 0.194 e. The van der Waals surface area contributed by atoms with Crippen LogP contribution in [0.4, 0.5) is 0 Å². The second-order valence-electron chi connectivity index (χ2n) is 17.9. The fraction of sp³-hybridized carbons (Fsp3) is 0.364. The van der Waals surface area contributed by atoms with E-state index >= 15 is 0 Å². The summed E-state index contributed by atoms with van der Waals surface area (Å²) in [4.78, 5) is 29.2. The van der Waals surface area contributed by atoms with Gasteiger partial charge in [-0.05, 0) is 113 Å². The Morgan fingerprint density at radius 3 is 0.826 bits per heavy atom. The summed E-state index contributed by atoms with van der Waals surface area (Å²) in [7, 11) is 0. The third kappa shape index (κ3) is 4.51. The maximum atomic E-state index is 14.6. The Hall–Kier alpha value is -4.04. The van der Waals surface area contributed by atoms with Crippen LogP contribution >= 0.6 is 0 Å². The van der Waals surface area contributed by atoms with Gasteiger partial charge in [0, 0.05) is 32.3 Å². The van der Waals surface area contributed by atoms with Crippen LogP contribution in [0.1, 0.15) is 105 Å². The number of fused-ring (bicyclic) bond motifs is 4. The highest BCUT2D eigenvalue weighted by atomic mass is 16.1. The van der Waals surface area contributed by atoms with E-state index in [1.165, 1.54) is 11.1 Å². The van der Waals surface area contributed by atoms with Crippen LogP contribution < -0.4 is 10.9 Å². The molecule has 0 saturated carbocycles. The molecule has 0 bridgehead atoms. The van der Waals surface area contributed by atoms with E-state index in [9.17, 15) is 9.59 Å². The fourth-order valence-electron chi connectivity index (χ4n) is 7.26. The van der Waals surface area contributed by atoms with Crippen LogP contribution in [0.3, 0.4) is 0 Å². The zero-order chi connectivity index (χ0) is 33.5. The van der Waals surface area contributed by atoms with E-state index in [4.69, 9.17) is 0 Å². The number of rotatable bonds is 0. The van der Waals surface area contributed by atoms with Gasteiger partial charge in [-0.15, -0.1) is 0 Å². The van der Waals surface area contributed by atoms with Crippen LogP contribution in [0.5, 0.6) is 0 Å². The molecule has 2 heteroatoms. The van der Waals surface area contributed by atoms with Crippen molar-refractivity contribution in [1.82, 2.24) is 0 Å². The Morgan fingerprint density at radius 2 is 0.565 bits per heavy atom. The lowest BCUT2D eigenvalue weighted by molar-refractivity contribution is 0.589. The first-order chi connectivity index (χ1) is 21.1. The van der Waals surface area contributed by atoms with Gasteiger partial charge >= 0.3 is 0 Å². The number of hydrogen-bond acceptors (Lipinski definition) is 2. The molecule has 0 radical (unpaired) electrons. The van der Waals surface area contributed by atoms with Crippen molar-refractivity contribution in [2.24, 2.45) is 0 Å². The van der Waals surface area contributed by atoms with Gasteiger partial charge in [0.15, 0.2) is 10.9 Å². The van der Waals surface area contributed by atoms with Crippen molar-refractivity contribution in [3.63, 3.8) is 0 Å². The molecule has 0 spiro atoms. The molecule has 7 rings (SSSR count). The smallest absolute Gasteiger partial charge is 0.194 e. The van der Waals surface area contributed by atoms with Crippen LogP contribution in [0.25, 0.3) is 64.6 Å². The minimum atomic E-state index is -0.111. The number of benzene rings is 7. The zero-order valence-electron chi connectivity index (χ0n) is 29.6. The lowest BCUT2D eigenvalue weighted by atomic mass is 9.79. The summed E-state index contributed by atoms with van der Waals surface area (Å²) >= 11 is 0. The predicted octanol–water partition coefficient (Wildman–Crippen LogP) is 11.4. The van der Waals surface area contributed by atoms with E-state index in [1.54, 1.807) is 0 Å². The summed E-state index contributed by atoms with van der Waals surface area (Å²) < 4.78 is 0. The van der Waals surface area contributed by atoms with Crippen LogP contribution in [0.15, 0.2) is 70.3 Å². The lowest BCUT2D eigenvalue weighted by Gasteiger charge is -2.25. The Morgan fingerprint density at radius 1 is 0.304 bits per heavy atom. The summed E-state index contributed by atoms with van der Waals surface area (Å²) in [6, 6.07) is 21.9. The third-order valence-electron chi connectivity index (χ3n) is 10.3. The fourth-order valence-corrected chi connectivity index (χ4v) is 7.26. The average Bonchev–Trinajstić information content (AvgIpc) is 2.94. The van der Waals surface area contributed by atoms with Crippen molar-refractivity contribution < 1.29 is 0 Å². The average molecular weight is 607 g/mol. The summed E-state index contributed by atoms with van der Waals surface area (Å²) in [6.45, 7) is 26.6. The Balaban J connectivity index is 1.76. The summed E-state index contributed by atoms with van der Waals surface area (Å²) in [5.74, 6) is 0. The molecule has 2 nitrogen and oxygen atoms in total. The van der Waals surface area contributed by atoms with Gasteiger partial charge in [0.1, 0.15) is 0 Å². The SMILES string of the molecule is CC(C)(C)c1cc2cc(C(C)(C)C)cc3c4cc5c(=O)c6cc(C(C)(C)C)cc7cc(C(C)(C)C)cc(c5cc4c(=O)c(c1)c23)c76. The highest BCUT2D eigenvalue weighted by Gasteiger charge is 2.25. The summed E-state index contributed by atoms with van der Waals surface area (Å²) in [5, 5.41) is 10.9. The van der Waals surface area contributed by atoms with Crippen molar-refractivity contribution in [2.45, 2.75) is 105 Å². The van der Waals surface area contributed by atoms with Crippen molar-refractivity contribution in [1.29, 1.82) is 0 Å². The lowest BCUT2D eigenvalue weighted by Crippen LogP contribution is -2.15. The van der Waals surface area contributed by atoms with Crippen LogP contribution in [-0.4, -0.2) is 0 Å². The second-order valence-corrected chi connectivity index (χ2v) is 17.9. The monoisotopic (exact) mass is 606 g/mol. The Bertz CT molecular complexity index is 2330. The largest absolute Gasteiger partial charge is 0.289 e. The second kappa shape index (κ2) is 9.28. The summed E-state index contributed by atoms with van der Waals surface area (Å²) in [5.41, 5.74) is 4.42. The molecule has 0 amide bonds. The predicted molar refractivity (Wildman–Crippen MR) is 201 cm³/mol.